The standard InChI is InChI=1S/C37H43N3O4S/c1-6-20-38-37(42)35(24-31-10-8-7-9-11-31)39(25-32-16-12-27(2)13-17-32)36(41)26-40(33-22-29(4)21-30(5)23-33)45(43,44)34-18-14-28(3)15-19-34/h7-19,21-23,35H,6,20,24-26H2,1-5H3,(H,38,42)/t35-/m1/s1. The van der Waals surface area contributed by atoms with Gasteiger partial charge in [0.2, 0.25) is 11.8 Å². The number of carbonyl (C=O) groups excluding carboxylic acids is 2. The molecule has 4 aromatic rings. The van der Waals surface area contributed by atoms with Crippen molar-refractivity contribution in [2.75, 3.05) is 17.4 Å². The van der Waals surface area contributed by atoms with Crippen molar-refractivity contribution in [1.82, 2.24) is 10.2 Å². The Bertz CT molecular complexity index is 1680. The zero-order valence-corrected chi connectivity index (χ0v) is 27.6. The molecule has 45 heavy (non-hydrogen) atoms. The van der Waals surface area contributed by atoms with Crippen LogP contribution < -0.4 is 9.62 Å². The van der Waals surface area contributed by atoms with E-state index in [4.69, 9.17) is 0 Å². The number of nitrogens with zero attached hydrogens (tertiary/aromatic N) is 2. The second-order valence-electron chi connectivity index (χ2n) is 11.7. The van der Waals surface area contributed by atoms with Gasteiger partial charge in [-0.15, -0.1) is 0 Å². The number of benzene rings is 4. The molecule has 2 amide bonds. The molecule has 4 aromatic carbocycles. The van der Waals surface area contributed by atoms with E-state index in [1.165, 1.54) is 9.21 Å². The molecule has 0 bridgehead atoms. The van der Waals surface area contributed by atoms with Crippen LogP contribution in [0.2, 0.25) is 0 Å². The van der Waals surface area contributed by atoms with Crippen LogP contribution in [-0.2, 0) is 32.6 Å². The van der Waals surface area contributed by atoms with Crippen molar-refractivity contribution in [3.63, 3.8) is 0 Å². The molecule has 7 nitrogen and oxygen atoms in total. The normalized spacial score (nSPS) is 11.9. The third kappa shape index (κ3) is 8.82. The first kappa shape index (κ1) is 33.5. The topological polar surface area (TPSA) is 86.8 Å². The lowest BCUT2D eigenvalue weighted by Gasteiger charge is -2.34. The maximum atomic E-state index is 14.5. The number of hydrogen-bond acceptors (Lipinski definition) is 4. The average molecular weight is 626 g/mol. The summed E-state index contributed by atoms with van der Waals surface area (Å²) in [7, 11) is -4.15. The molecule has 0 aliphatic carbocycles. The van der Waals surface area contributed by atoms with E-state index < -0.39 is 28.5 Å². The predicted molar refractivity (Wildman–Crippen MR) is 181 cm³/mol. The quantitative estimate of drug-likeness (QED) is 0.190. The summed E-state index contributed by atoms with van der Waals surface area (Å²) in [6, 6.07) is 28.6. The van der Waals surface area contributed by atoms with Crippen LogP contribution in [0.4, 0.5) is 5.69 Å². The SMILES string of the molecule is CCCNC(=O)[C@@H](Cc1ccccc1)N(Cc1ccc(C)cc1)C(=O)CN(c1cc(C)cc(C)c1)S(=O)(=O)c1ccc(C)cc1. The molecule has 236 valence electrons. The summed E-state index contributed by atoms with van der Waals surface area (Å²) in [5.74, 6) is -0.751. The van der Waals surface area contributed by atoms with E-state index in [-0.39, 0.29) is 23.8 Å². The van der Waals surface area contributed by atoms with Crippen molar-refractivity contribution < 1.29 is 18.0 Å². The Balaban J connectivity index is 1.81. The van der Waals surface area contributed by atoms with Crippen LogP contribution in [0.3, 0.4) is 0 Å². The zero-order chi connectivity index (χ0) is 32.6. The monoisotopic (exact) mass is 625 g/mol. The first-order valence-electron chi connectivity index (χ1n) is 15.3. The maximum absolute atomic E-state index is 14.5. The highest BCUT2D eigenvalue weighted by Gasteiger charge is 2.34. The van der Waals surface area contributed by atoms with E-state index in [9.17, 15) is 18.0 Å². The minimum Gasteiger partial charge on any atom is -0.354 e. The largest absolute Gasteiger partial charge is 0.354 e. The van der Waals surface area contributed by atoms with E-state index in [0.717, 1.165) is 39.8 Å². The van der Waals surface area contributed by atoms with Gasteiger partial charge in [-0.1, -0.05) is 90.8 Å². The first-order chi connectivity index (χ1) is 21.5. The summed E-state index contributed by atoms with van der Waals surface area (Å²) in [6.07, 6.45) is 1.02. The van der Waals surface area contributed by atoms with Crippen molar-refractivity contribution in [2.24, 2.45) is 0 Å². The number of rotatable bonds is 13. The molecule has 0 heterocycles. The van der Waals surface area contributed by atoms with Crippen molar-refractivity contribution in [3.05, 3.63) is 130 Å². The Morgan fingerprint density at radius 1 is 0.733 bits per heavy atom. The van der Waals surface area contributed by atoms with Gasteiger partial charge in [0.15, 0.2) is 0 Å². The van der Waals surface area contributed by atoms with Crippen molar-refractivity contribution in [3.8, 4) is 0 Å². The molecule has 0 saturated carbocycles. The zero-order valence-electron chi connectivity index (χ0n) is 26.8. The molecule has 0 fully saturated rings. The minimum absolute atomic E-state index is 0.0895. The van der Waals surface area contributed by atoms with Crippen LogP contribution in [-0.4, -0.2) is 44.3 Å². The molecular formula is C37H43N3O4S. The van der Waals surface area contributed by atoms with E-state index >= 15 is 0 Å². The Hall–Kier alpha value is -4.43. The molecule has 0 aliphatic heterocycles. The molecule has 1 atom stereocenters. The molecule has 0 spiro atoms. The number of hydrogen-bond donors (Lipinski definition) is 1. The van der Waals surface area contributed by atoms with Gasteiger partial charge in [-0.2, -0.15) is 0 Å². The number of sulfonamides is 1. The summed E-state index contributed by atoms with van der Waals surface area (Å²) in [6.45, 7) is 9.77. The summed E-state index contributed by atoms with van der Waals surface area (Å²) in [5, 5.41) is 2.98. The Labute approximate surface area is 268 Å². The lowest BCUT2D eigenvalue weighted by Crippen LogP contribution is -2.53. The summed E-state index contributed by atoms with van der Waals surface area (Å²) in [5.41, 5.74) is 5.88. The molecule has 1 N–H and O–H groups in total. The third-order valence-corrected chi connectivity index (χ3v) is 9.46. The van der Waals surface area contributed by atoms with Gasteiger partial charge in [0.1, 0.15) is 12.6 Å². The van der Waals surface area contributed by atoms with Crippen molar-refractivity contribution in [1.29, 1.82) is 0 Å². The number of carbonyl (C=O) groups is 2. The van der Waals surface area contributed by atoms with Gasteiger partial charge >= 0.3 is 0 Å². The van der Waals surface area contributed by atoms with E-state index in [2.05, 4.69) is 5.32 Å². The fourth-order valence-corrected chi connectivity index (χ4v) is 6.67. The van der Waals surface area contributed by atoms with Gasteiger partial charge in [0.05, 0.1) is 10.6 Å². The van der Waals surface area contributed by atoms with Crippen LogP contribution in [0, 0.1) is 27.7 Å². The molecular weight excluding hydrogens is 582 g/mol. The van der Waals surface area contributed by atoms with E-state index in [1.807, 2.05) is 95.3 Å². The number of anilines is 1. The van der Waals surface area contributed by atoms with E-state index in [1.54, 1.807) is 36.4 Å². The summed E-state index contributed by atoms with van der Waals surface area (Å²) >= 11 is 0. The van der Waals surface area contributed by atoms with Gasteiger partial charge in [0.25, 0.3) is 10.0 Å². The molecule has 4 rings (SSSR count). The number of amides is 2. The fourth-order valence-electron chi connectivity index (χ4n) is 5.27. The smallest absolute Gasteiger partial charge is 0.264 e. The van der Waals surface area contributed by atoms with Gasteiger partial charge in [0, 0.05) is 19.5 Å². The molecule has 0 aromatic heterocycles. The first-order valence-corrected chi connectivity index (χ1v) is 16.8. The van der Waals surface area contributed by atoms with Gasteiger partial charge in [-0.05, 0) is 80.6 Å². The lowest BCUT2D eigenvalue weighted by molar-refractivity contribution is -0.140. The number of nitrogens with one attached hydrogen (secondary N) is 1. The second-order valence-corrected chi connectivity index (χ2v) is 13.5. The lowest BCUT2D eigenvalue weighted by atomic mass is 10.0. The highest BCUT2D eigenvalue weighted by molar-refractivity contribution is 7.92. The minimum atomic E-state index is -4.15. The second kappa shape index (κ2) is 15.0. The summed E-state index contributed by atoms with van der Waals surface area (Å²) in [4.78, 5) is 29.9. The Morgan fingerprint density at radius 2 is 1.31 bits per heavy atom. The van der Waals surface area contributed by atoms with Crippen LogP contribution in [0.5, 0.6) is 0 Å². The Kier molecular flexibility index (Phi) is 11.2. The summed E-state index contributed by atoms with van der Waals surface area (Å²) < 4.78 is 29.6. The number of aryl methyl sites for hydroxylation is 4. The van der Waals surface area contributed by atoms with Gasteiger partial charge in [-0.25, -0.2) is 8.42 Å². The van der Waals surface area contributed by atoms with Gasteiger partial charge < -0.3 is 10.2 Å². The van der Waals surface area contributed by atoms with Crippen LogP contribution in [0.15, 0.2) is 102 Å². The van der Waals surface area contributed by atoms with E-state index in [0.29, 0.717) is 12.2 Å². The van der Waals surface area contributed by atoms with Crippen molar-refractivity contribution >= 4 is 27.5 Å². The highest BCUT2D eigenvalue weighted by atomic mass is 32.2. The molecule has 0 unspecified atom stereocenters. The predicted octanol–water partition coefficient (Wildman–Crippen LogP) is 6.28. The third-order valence-electron chi connectivity index (χ3n) is 7.68. The molecule has 0 saturated heterocycles. The van der Waals surface area contributed by atoms with Crippen molar-refractivity contribution in [2.45, 2.75) is 64.9 Å². The molecule has 8 heteroatoms. The fraction of sp³-hybridized carbons (Fsp3) is 0.297. The average Bonchev–Trinajstić information content (AvgIpc) is 3.01. The van der Waals surface area contributed by atoms with Crippen LogP contribution >= 0.6 is 0 Å². The van der Waals surface area contributed by atoms with Gasteiger partial charge in [-0.3, -0.25) is 13.9 Å². The highest BCUT2D eigenvalue weighted by Crippen LogP contribution is 2.27. The molecule has 0 aliphatic rings. The van der Waals surface area contributed by atoms with Crippen LogP contribution in [0.25, 0.3) is 0 Å². The van der Waals surface area contributed by atoms with Crippen LogP contribution in [0.1, 0.15) is 46.7 Å². The Morgan fingerprint density at radius 3 is 1.89 bits per heavy atom. The molecule has 0 radical (unpaired) electrons. The maximum Gasteiger partial charge on any atom is 0.264 e.